The van der Waals surface area contributed by atoms with Crippen molar-refractivity contribution in [3.05, 3.63) is 24.2 Å². The SMILES string of the molecule is Cc1cnc2cnn(C)cc1-2. The monoisotopic (exact) mass is 147 g/mol. The number of aromatic nitrogens is 3. The van der Waals surface area contributed by atoms with Crippen molar-refractivity contribution >= 4 is 0 Å². The van der Waals surface area contributed by atoms with E-state index in [0.717, 1.165) is 5.69 Å². The lowest BCUT2D eigenvalue weighted by molar-refractivity contribution is 0.738. The van der Waals surface area contributed by atoms with Gasteiger partial charge in [0.2, 0.25) is 0 Å². The summed E-state index contributed by atoms with van der Waals surface area (Å²) < 4.78 is 1.79. The third kappa shape index (κ3) is 0.888. The number of aryl methyl sites for hydroxylation is 2. The van der Waals surface area contributed by atoms with Crippen LogP contribution in [0.25, 0.3) is 11.3 Å². The van der Waals surface area contributed by atoms with E-state index in [1.165, 1.54) is 11.1 Å². The molecule has 0 amide bonds. The van der Waals surface area contributed by atoms with Crippen LogP contribution in [0.5, 0.6) is 0 Å². The summed E-state index contributed by atoms with van der Waals surface area (Å²) in [6.45, 7) is 2.05. The third-order valence-corrected chi connectivity index (χ3v) is 1.78. The first kappa shape index (κ1) is 6.34. The van der Waals surface area contributed by atoms with Crippen LogP contribution in [0.4, 0.5) is 0 Å². The maximum Gasteiger partial charge on any atom is 0.0921 e. The number of rotatable bonds is 0. The lowest BCUT2D eigenvalue weighted by Gasteiger charge is -2.00. The van der Waals surface area contributed by atoms with Gasteiger partial charge in [0.15, 0.2) is 0 Å². The van der Waals surface area contributed by atoms with E-state index < -0.39 is 0 Å². The summed E-state index contributed by atoms with van der Waals surface area (Å²) in [5.74, 6) is 0. The van der Waals surface area contributed by atoms with Gasteiger partial charge in [0.05, 0.1) is 11.9 Å². The second kappa shape index (κ2) is 2.05. The van der Waals surface area contributed by atoms with Crippen LogP contribution in [0.15, 0.2) is 18.6 Å². The summed E-state index contributed by atoms with van der Waals surface area (Å²) >= 11 is 0. The van der Waals surface area contributed by atoms with E-state index in [4.69, 9.17) is 0 Å². The van der Waals surface area contributed by atoms with Gasteiger partial charge in [-0.2, -0.15) is 5.10 Å². The largest absolute Gasteiger partial charge is 0.275 e. The molecule has 0 unspecified atom stereocenters. The quantitative estimate of drug-likeness (QED) is 0.561. The highest BCUT2D eigenvalue weighted by atomic mass is 15.2. The van der Waals surface area contributed by atoms with Crippen LogP contribution in [-0.2, 0) is 7.05 Å². The molecule has 2 aliphatic heterocycles. The van der Waals surface area contributed by atoms with Crippen molar-refractivity contribution in [1.82, 2.24) is 14.8 Å². The molecule has 0 aromatic rings. The Morgan fingerprint density at radius 3 is 3.00 bits per heavy atom. The first-order chi connectivity index (χ1) is 5.27. The predicted molar refractivity (Wildman–Crippen MR) is 42.4 cm³/mol. The van der Waals surface area contributed by atoms with E-state index in [2.05, 4.69) is 17.0 Å². The molecule has 0 radical (unpaired) electrons. The van der Waals surface area contributed by atoms with Crippen molar-refractivity contribution in [3.8, 4) is 11.3 Å². The zero-order valence-corrected chi connectivity index (χ0v) is 6.57. The van der Waals surface area contributed by atoms with Crippen molar-refractivity contribution in [2.24, 2.45) is 7.05 Å². The molecule has 0 saturated heterocycles. The molecule has 0 bridgehead atoms. The van der Waals surface area contributed by atoms with Crippen LogP contribution in [0.1, 0.15) is 5.56 Å². The van der Waals surface area contributed by atoms with Gasteiger partial charge < -0.3 is 0 Å². The van der Waals surface area contributed by atoms with Gasteiger partial charge >= 0.3 is 0 Å². The molecule has 3 nitrogen and oxygen atoms in total. The Hall–Kier alpha value is -1.38. The molecule has 2 rings (SSSR count). The van der Waals surface area contributed by atoms with E-state index in [0.29, 0.717) is 0 Å². The molecule has 11 heavy (non-hydrogen) atoms. The van der Waals surface area contributed by atoms with Crippen molar-refractivity contribution in [3.63, 3.8) is 0 Å². The van der Waals surface area contributed by atoms with Gasteiger partial charge in [-0.05, 0) is 12.5 Å². The van der Waals surface area contributed by atoms with Crippen LogP contribution < -0.4 is 0 Å². The smallest absolute Gasteiger partial charge is 0.0921 e. The highest BCUT2D eigenvalue weighted by Crippen LogP contribution is 2.21. The fraction of sp³-hybridized carbons (Fsp3) is 0.250. The fourth-order valence-electron chi connectivity index (χ4n) is 1.14. The summed E-state index contributed by atoms with van der Waals surface area (Å²) in [7, 11) is 1.91. The molecule has 0 aliphatic carbocycles. The maximum atomic E-state index is 4.18. The van der Waals surface area contributed by atoms with Gasteiger partial charge in [-0.1, -0.05) is 0 Å². The molecule has 0 spiro atoms. The van der Waals surface area contributed by atoms with Crippen molar-refractivity contribution in [2.45, 2.75) is 6.92 Å². The first-order valence-electron chi connectivity index (χ1n) is 3.51. The number of nitrogens with zero attached hydrogens (tertiary/aromatic N) is 3. The lowest BCUT2D eigenvalue weighted by atomic mass is 10.2. The standard InChI is InChI=1S/C8H9N3/c1-6-3-9-8-4-10-11(2)5-7(6)8/h3-5H,1-2H3. The summed E-state index contributed by atoms with van der Waals surface area (Å²) in [6, 6.07) is 0. The Balaban J connectivity index is 2.76. The Morgan fingerprint density at radius 1 is 1.36 bits per heavy atom. The minimum absolute atomic E-state index is 0.973. The highest BCUT2D eigenvalue weighted by Gasteiger charge is 2.06. The molecule has 3 heteroatoms. The normalized spacial score (nSPS) is 10.7. The highest BCUT2D eigenvalue weighted by molar-refractivity contribution is 5.63. The van der Waals surface area contributed by atoms with Crippen molar-refractivity contribution in [1.29, 1.82) is 0 Å². The summed E-state index contributed by atoms with van der Waals surface area (Å²) in [5, 5.41) is 4.07. The second-order valence-electron chi connectivity index (χ2n) is 2.69. The third-order valence-electron chi connectivity index (χ3n) is 1.78. The molecule has 56 valence electrons. The van der Waals surface area contributed by atoms with Crippen LogP contribution in [-0.4, -0.2) is 14.8 Å². The number of hydrogen-bond acceptors (Lipinski definition) is 2. The fourth-order valence-corrected chi connectivity index (χ4v) is 1.14. The first-order valence-corrected chi connectivity index (χ1v) is 3.51. The molecule has 2 aliphatic rings. The van der Waals surface area contributed by atoms with Gasteiger partial charge in [-0.15, -0.1) is 0 Å². The Bertz CT molecular complexity index is 351. The molecule has 0 saturated carbocycles. The summed E-state index contributed by atoms with van der Waals surface area (Å²) in [6.07, 6.45) is 5.63. The molecular weight excluding hydrogens is 138 g/mol. The number of fused-ring (bicyclic) bond motifs is 1. The van der Waals surface area contributed by atoms with Crippen LogP contribution >= 0.6 is 0 Å². The topological polar surface area (TPSA) is 30.7 Å². The molecule has 0 N–H and O–H groups in total. The van der Waals surface area contributed by atoms with E-state index in [1.807, 2.05) is 19.4 Å². The molecule has 0 aromatic carbocycles. The van der Waals surface area contributed by atoms with Gasteiger partial charge in [-0.3, -0.25) is 9.67 Å². The summed E-state index contributed by atoms with van der Waals surface area (Å²) in [5.41, 5.74) is 3.36. The van der Waals surface area contributed by atoms with Gasteiger partial charge in [0.25, 0.3) is 0 Å². The van der Waals surface area contributed by atoms with E-state index in [-0.39, 0.29) is 0 Å². The zero-order chi connectivity index (χ0) is 7.84. The molecular formula is C8H9N3. The Kier molecular flexibility index (Phi) is 1.18. The molecule has 0 fully saturated rings. The van der Waals surface area contributed by atoms with Crippen molar-refractivity contribution in [2.75, 3.05) is 0 Å². The van der Waals surface area contributed by atoms with E-state index >= 15 is 0 Å². The van der Waals surface area contributed by atoms with E-state index in [1.54, 1.807) is 10.9 Å². The van der Waals surface area contributed by atoms with Crippen molar-refractivity contribution < 1.29 is 0 Å². The average Bonchev–Trinajstić information content (AvgIpc) is 2.33. The number of hydrogen-bond donors (Lipinski definition) is 0. The average molecular weight is 147 g/mol. The van der Waals surface area contributed by atoms with Crippen LogP contribution in [0, 0.1) is 6.92 Å². The maximum absolute atomic E-state index is 4.18. The minimum Gasteiger partial charge on any atom is -0.275 e. The second-order valence-corrected chi connectivity index (χ2v) is 2.69. The van der Waals surface area contributed by atoms with Crippen LogP contribution in [0.2, 0.25) is 0 Å². The molecule has 0 atom stereocenters. The zero-order valence-electron chi connectivity index (χ0n) is 6.57. The predicted octanol–water partition coefficient (Wildman–Crippen LogP) is 1.23. The van der Waals surface area contributed by atoms with Crippen LogP contribution in [0.3, 0.4) is 0 Å². The van der Waals surface area contributed by atoms with E-state index in [9.17, 15) is 0 Å². The minimum atomic E-state index is 0.973. The van der Waals surface area contributed by atoms with Gasteiger partial charge in [0, 0.05) is 25.0 Å². The molecule has 0 aromatic heterocycles. The Morgan fingerprint density at radius 2 is 2.18 bits per heavy atom. The Labute approximate surface area is 65.0 Å². The van der Waals surface area contributed by atoms with Gasteiger partial charge in [0.1, 0.15) is 0 Å². The lowest BCUT2D eigenvalue weighted by Crippen LogP contribution is -1.96. The van der Waals surface area contributed by atoms with Gasteiger partial charge in [-0.25, -0.2) is 0 Å². The summed E-state index contributed by atoms with van der Waals surface area (Å²) in [4.78, 5) is 4.18. The molecule has 2 heterocycles.